The molecule has 31 heavy (non-hydrogen) atoms. The Balaban J connectivity index is 0.00000272. The van der Waals surface area contributed by atoms with Gasteiger partial charge < -0.3 is 10.0 Å². The van der Waals surface area contributed by atoms with Gasteiger partial charge in [0, 0.05) is 23.3 Å². The van der Waals surface area contributed by atoms with Gasteiger partial charge in [-0.15, -0.1) is 12.4 Å². The zero-order valence-corrected chi connectivity index (χ0v) is 20.1. The summed E-state index contributed by atoms with van der Waals surface area (Å²) in [6, 6.07) is 7.30. The summed E-state index contributed by atoms with van der Waals surface area (Å²) < 4.78 is 1.71. The van der Waals surface area contributed by atoms with Gasteiger partial charge in [0.2, 0.25) is 0 Å². The maximum atomic E-state index is 13.6. The van der Waals surface area contributed by atoms with Crippen LogP contribution in [0.2, 0.25) is 15.1 Å². The fraction of sp³-hybridized carbons (Fsp3) is 0.158. The maximum Gasteiger partial charge on any atom is 0.337 e. The number of aromatic nitrogens is 3. The quantitative estimate of drug-likeness (QED) is 0.414. The van der Waals surface area contributed by atoms with Crippen LogP contribution in [0.5, 0.6) is 0 Å². The molecular formula is C19H13BrCl4N4O3. The zero-order valence-electron chi connectivity index (χ0n) is 15.4. The fourth-order valence-corrected chi connectivity index (χ4v) is 4.24. The van der Waals surface area contributed by atoms with E-state index in [9.17, 15) is 14.7 Å². The monoisotopic (exact) mass is 564 g/mol. The summed E-state index contributed by atoms with van der Waals surface area (Å²) in [5, 5.41) is 14.5. The largest absolute Gasteiger partial charge is 0.478 e. The van der Waals surface area contributed by atoms with Crippen LogP contribution in [-0.4, -0.2) is 37.8 Å². The van der Waals surface area contributed by atoms with Crippen LogP contribution in [0.25, 0.3) is 5.82 Å². The standard InChI is InChI=1S/C19H12BrCl3N4O3.ClH/c20-15-8-14(27(25-15)17-12(22)2-1-5-24-17)18(28)26(10-3-4-10)16-11(19(29)30)6-9(21)7-13(16)23;/h1-2,5-8,10H,3-4H2,(H,29,30);1H. The molecule has 0 atom stereocenters. The first-order chi connectivity index (χ1) is 14.3. The number of carbonyl (C=O) groups excluding carboxylic acids is 1. The molecule has 0 saturated heterocycles. The number of hydrogen-bond donors (Lipinski definition) is 1. The fourth-order valence-electron chi connectivity index (χ4n) is 3.08. The van der Waals surface area contributed by atoms with E-state index in [1.165, 1.54) is 34.0 Å². The van der Waals surface area contributed by atoms with Crippen LogP contribution < -0.4 is 4.90 Å². The molecule has 3 aromatic rings. The van der Waals surface area contributed by atoms with Gasteiger partial charge in [-0.3, -0.25) is 4.79 Å². The Morgan fingerprint density at radius 1 is 1.16 bits per heavy atom. The molecule has 0 radical (unpaired) electrons. The molecule has 2 aromatic heterocycles. The minimum atomic E-state index is -1.24. The molecule has 2 heterocycles. The molecule has 0 bridgehead atoms. The SMILES string of the molecule is Cl.O=C(O)c1cc(Cl)cc(Cl)c1N(C(=O)c1cc(Br)nn1-c1ncccc1Cl)C1CC1. The van der Waals surface area contributed by atoms with Crippen molar-refractivity contribution in [3.63, 3.8) is 0 Å². The number of hydrogen-bond acceptors (Lipinski definition) is 4. The number of carbonyl (C=O) groups is 2. The number of rotatable bonds is 5. The Hall–Kier alpha value is -1.84. The molecule has 0 spiro atoms. The van der Waals surface area contributed by atoms with Crippen LogP contribution in [0.4, 0.5) is 5.69 Å². The second kappa shape index (κ2) is 9.34. The third kappa shape index (κ3) is 4.68. The third-order valence-electron chi connectivity index (χ3n) is 4.47. The molecule has 1 aromatic carbocycles. The second-order valence-electron chi connectivity index (χ2n) is 6.57. The number of carboxylic acid groups (broad SMARTS) is 1. The minimum Gasteiger partial charge on any atom is -0.478 e. The van der Waals surface area contributed by atoms with Gasteiger partial charge in [0.25, 0.3) is 5.91 Å². The molecular weight excluding hydrogens is 554 g/mol. The average Bonchev–Trinajstić information content (AvgIpc) is 3.44. The smallest absolute Gasteiger partial charge is 0.337 e. The number of aromatic carboxylic acids is 1. The molecule has 0 unspecified atom stereocenters. The van der Waals surface area contributed by atoms with Gasteiger partial charge in [-0.05, 0) is 53.0 Å². The highest BCUT2D eigenvalue weighted by molar-refractivity contribution is 9.10. The highest BCUT2D eigenvalue weighted by atomic mass is 79.9. The highest BCUT2D eigenvalue weighted by Gasteiger charge is 2.39. The van der Waals surface area contributed by atoms with E-state index >= 15 is 0 Å². The van der Waals surface area contributed by atoms with Crippen molar-refractivity contribution in [3.8, 4) is 5.82 Å². The normalized spacial score (nSPS) is 12.9. The van der Waals surface area contributed by atoms with Crippen molar-refractivity contribution in [1.82, 2.24) is 14.8 Å². The molecule has 1 fully saturated rings. The molecule has 1 amide bonds. The van der Waals surface area contributed by atoms with Crippen molar-refractivity contribution in [3.05, 3.63) is 67.5 Å². The Bertz CT molecular complexity index is 1180. The van der Waals surface area contributed by atoms with Gasteiger partial charge in [0.15, 0.2) is 5.82 Å². The summed E-state index contributed by atoms with van der Waals surface area (Å²) in [5.41, 5.74) is 0.0857. The van der Waals surface area contributed by atoms with E-state index in [0.717, 1.165) is 0 Å². The van der Waals surface area contributed by atoms with Crippen molar-refractivity contribution in [2.24, 2.45) is 0 Å². The molecule has 12 heteroatoms. The second-order valence-corrected chi connectivity index (χ2v) is 8.63. The third-order valence-corrected chi connectivity index (χ3v) is 5.66. The van der Waals surface area contributed by atoms with Crippen LogP contribution in [0.15, 0.2) is 41.1 Å². The van der Waals surface area contributed by atoms with Gasteiger partial charge >= 0.3 is 5.97 Å². The van der Waals surface area contributed by atoms with Gasteiger partial charge in [-0.25, -0.2) is 14.5 Å². The van der Waals surface area contributed by atoms with E-state index in [-0.39, 0.29) is 51.3 Å². The van der Waals surface area contributed by atoms with E-state index in [2.05, 4.69) is 26.0 Å². The lowest BCUT2D eigenvalue weighted by atomic mass is 10.1. The first-order valence-electron chi connectivity index (χ1n) is 8.70. The molecule has 1 N–H and O–H groups in total. The molecule has 1 saturated carbocycles. The summed E-state index contributed by atoms with van der Waals surface area (Å²) in [6.07, 6.45) is 2.95. The summed E-state index contributed by atoms with van der Waals surface area (Å²) in [5.74, 6) is -1.45. The number of benzene rings is 1. The van der Waals surface area contributed by atoms with Crippen molar-refractivity contribution in [1.29, 1.82) is 0 Å². The lowest BCUT2D eigenvalue weighted by molar-refractivity contribution is 0.0697. The van der Waals surface area contributed by atoms with Crippen LogP contribution in [0, 0.1) is 0 Å². The zero-order chi connectivity index (χ0) is 21.6. The molecule has 0 aliphatic heterocycles. The van der Waals surface area contributed by atoms with Gasteiger partial charge in [0.05, 0.1) is 21.3 Å². The Labute approximate surface area is 206 Å². The Morgan fingerprint density at radius 3 is 2.48 bits per heavy atom. The summed E-state index contributed by atoms with van der Waals surface area (Å²) in [7, 11) is 0. The van der Waals surface area contributed by atoms with Gasteiger partial charge in [0.1, 0.15) is 10.3 Å². The minimum absolute atomic E-state index is 0. The Kier molecular flexibility index (Phi) is 7.18. The van der Waals surface area contributed by atoms with Crippen molar-refractivity contribution >= 4 is 80.7 Å². The number of carboxylic acids is 1. The van der Waals surface area contributed by atoms with E-state index in [4.69, 9.17) is 34.8 Å². The topological polar surface area (TPSA) is 88.3 Å². The van der Waals surface area contributed by atoms with E-state index in [0.29, 0.717) is 22.5 Å². The Morgan fingerprint density at radius 2 is 1.87 bits per heavy atom. The molecule has 1 aliphatic carbocycles. The summed E-state index contributed by atoms with van der Waals surface area (Å²) >= 11 is 21.9. The number of halogens is 5. The highest BCUT2D eigenvalue weighted by Crippen LogP contribution is 2.41. The molecule has 1 aliphatic rings. The maximum absolute atomic E-state index is 13.6. The van der Waals surface area contributed by atoms with Gasteiger partial charge in [-0.1, -0.05) is 34.8 Å². The van der Waals surface area contributed by atoms with Crippen molar-refractivity contribution in [2.45, 2.75) is 18.9 Å². The first kappa shape index (κ1) is 23.8. The van der Waals surface area contributed by atoms with Crippen LogP contribution >= 0.6 is 63.1 Å². The average molecular weight is 567 g/mol. The molecule has 7 nitrogen and oxygen atoms in total. The van der Waals surface area contributed by atoms with Crippen LogP contribution in [0.3, 0.4) is 0 Å². The van der Waals surface area contributed by atoms with Crippen LogP contribution in [-0.2, 0) is 0 Å². The van der Waals surface area contributed by atoms with E-state index in [1.807, 2.05) is 0 Å². The van der Waals surface area contributed by atoms with Crippen molar-refractivity contribution < 1.29 is 14.7 Å². The first-order valence-corrected chi connectivity index (χ1v) is 10.6. The number of amides is 1. The molecule has 162 valence electrons. The summed E-state index contributed by atoms with van der Waals surface area (Å²) in [6.45, 7) is 0. The van der Waals surface area contributed by atoms with Gasteiger partial charge in [-0.2, -0.15) is 5.10 Å². The van der Waals surface area contributed by atoms with E-state index in [1.54, 1.807) is 12.1 Å². The summed E-state index contributed by atoms with van der Waals surface area (Å²) in [4.78, 5) is 31.1. The van der Waals surface area contributed by atoms with Crippen LogP contribution in [0.1, 0.15) is 33.7 Å². The lowest BCUT2D eigenvalue weighted by Gasteiger charge is -2.25. The van der Waals surface area contributed by atoms with E-state index < -0.39 is 11.9 Å². The lowest BCUT2D eigenvalue weighted by Crippen LogP contribution is -2.36. The predicted molar refractivity (Wildman–Crippen MR) is 125 cm³/mol. The number of nitrogens with zero attached hydrogens (tertiary/aromatic N) is 4. The number of pyridine rings is 1. The number of anilines is 1. The van der Waals surface area contributed by atoms with Crippen molar-refractivity contribution in [2.75, 3.05) is 4.90 Å². The molecule has 4 rings (SSSR count). The predicted octanol–water partition coefficient (Wildman–Crippen LogP) is 5.92.